The lowest BCUT2D eigenvalue weighted by molar-refractivity contribution is 0.215. The third-order valence-corrected chi connectivity index (χ3v) is 4.24. The highest BCUT2D eigenvalue weighted by Crippen LogP contribution is 2.37. The molecule has 0 unspecified atom stereocenters. The van der Waals surface area contributed by atoms with Crippen LogP contribution in [0.5, 0.6) is 11.5 Å². The molecule has 2 aromatic carbocycles. The molecule has 26 heavy (non-hydrogen) atoms. The Labute approximate surface area is 158 Å². The molecule has 4 nitrogen and oxygen atoms in total. The molecule has 0 aliphatic carbocycles. The van der Waals surface area contributed by atoms with Gasteiger partial charge in [0.05, 0.1) is 5.56 Å². The van der Waals surface area contributed by atoms with Crippen LogP contribution >= 0.6 is 0 Å². The van der Waals surface area contributed by atoms with Gasteiger partial charge in [-0.25, -0.2) is 4.99 Å². The van der Waals surface area contributed by atoms with Gasteiger partial charge < -0.3 is 14.5 Å². The van der Waals surface area contributed by atoms with E-state index in [1.807, 2.05) is 70.2 Å². The fourth-order valence-corrected chi connectivity index (χ4v) is 2.93. The first kappa shape index (κ1) is 20.0. The summed E-state index contributed by atoms with van der Waals surface area (Å²) in [6.07, 6.45) is 0. The molecule has 0 N–H and O–H groups in total. The van der Waals surface area contributed by atoms with E-state index in [-0.39, 0.29) is 0 Å². The predicted molar refractivity (Wildman–Crippen MR) is 111 cm³/mol. The Hall–Kier alpha value is -2.33. The van der Waals surface area contributed by atoms with Crippen molar-refractivity contribution in [2.45, 2.75) is 27.7 Å². The number of nitrogens with zero attached hydrogens (tertiary/aromatic N) is 3. The summed E-state index contributed by atoms with van der Waals surface area (Å²) in [5.41, 5.74) is 1.97. The van der Waals surface area contributed by atoms with Gasteiger partial charge in [0.25, 0.3) is 0 Å². The first-order valence-electron chi connectivity index (χ1n) is 9.70. The van der Waals surface area contributed by atoms with Gasteiger partial charge in [-0.15, -0.1) is 0 Å². The van der Waals surface area contributed by atoms with Crippen molar-refractivity contribution in [1.82, 2.24) is 9.80 Å². The van der Waals surface area contributed by atoms with Gasteiger partial charge in [-0.2, -0.15) is 0 Å². The Bertz CT molecular complexity index is 719. The molecule has 1 saturated heterocycles. The van der Waals surface area contributed by atoms with Crippen LogP contribution in [-0.2, 0) is 0 Å². The topological polar surface area (TPSA) is 28.1 Å². The van der Waals surface area contributed by atoms with Crippen molar-refractivity contribution in [3.8, 4) is 11.5 Å². The van der Waals surface area contributed by atoms with Crippen molar-refractivity contribution in [2.75, 3.05) is 33.2 Å². The molecular weight excluding hydrogens is 322 g/mol. The maximum atomic E-state index is 6.09. The Kier molecular flexibility index (Phi) is 7.67. The Morgan fingerprint density at radius 2 is 1.35 bits per heavy atom. The zero-order chi connectivity index (χ0) is 18.9. The van der Waals surface area contributed by atoms with Crippen molar-refractivity contribution >= 4 is 11.5 Å². The summed E-state index contributed by atoms with van der Waals surface area (Å²) in [5, 5.41) is 0. The summed E-state index contributed by atoms with van der Waals surface area (Å²) in [6.45, 7) is 12.1. The average molecular weight is 354 g/mol. The summed E-state index contributed by atoms with van der Waals surface area (Å²) < 4.78 is 6.09. The molecule has 2 aliphatic rings. The highest BCUT2D eigenvalue weighted by molar-refractivity contribution is 6.03. The van der Waals surface area contributed by atoms with Gasteiger partial charge in [-0.05, 0) is 31.3 Å². The highest BCUT2D eigenvalue weighted by atomic mass is 16.5. The molecule has 0 aromatic heterocycles. The monoisotopic (exact) mass is 353 g/mol. The van der Waals surface area contributed by atoms with Gasteiger partial charge in [-0.1, -0.05) is 52.0 Å². The van der Waals surface area contributed by atoms with E-state index in [9.17, 15) is 0 Å². The largest absolute Gasteiger partial charge is 0.454 e. The van der Waals surface area contributed by atoms with Crippen LogP contribution in [0.2, 0.25) is 0 Å². The van der Waals surface area contributed by atoms with E-state index in [0.29, 0.717) is 0 Å². The van der Waals surface area contributed by atoms with Gasteiger partial charge in [0.2, 0.25) is 0 Å². The van der Waals surface area contributed by atoms with E-state index in [1.165, 1.54) is 0 Å². The zero-order valence-corrected chi connectivity index (χ0v) is 16.7. The van der Waals surface area contributed by atoms with Crippen LogP contribution in [0, 0.1) is 0 Å². The lowest BCUT2D eigenvalue weighted by Gasteiger charge is -2.34. The summed E-state index contributed by atoms with van der Waals surface area (Å²) >= 11 is 0. The summed E-state index contributed by atoms with van der Waals surface area (Å²) in [5.74, 6) is 2.72. The van der Waals surface area contributed by atoms with Crippen LogP contribution in [0.15, 0.2) is 53.5 Å². The number of amidine groups is 1. The maximum absolute atomic E-state index is 6.09. The number of hydrogen-bond acceptors (Lipinski definition) is 4. The van der Waals surface area contributed by atoms with E-state index in [4.69, 9.17) is 9.73 Å². The standard InChI is InChI=1S/C18H19N3O.2C2H6/c1-20-10-12-21(13-11-20)18-14-6-2-4-8-16(14)22-17-9-5-3-7-15(17)19-18;2*1-2/h2-9H,10-13H2,1H3;2*1-2H3. The molecule has 1 fully saturated rings. The average Bonchev–Trinajstić information content (AvgIpc) is 2.88. The van der Waals surface area contributed by atoms with Crippen molar-refractivity contribution in [2.24, 2.45) is 4.99 Å². The second-order valence-electron chi connectivity index (χ2n) is 5.79. The number of para-hydroxylation sites is 3. The normalized spacial score (nSPS) is 15.6. The lowest BCUT2D eigenvalue weighted by atomic mass is 10.1. The minimum atomic E-state index is 0.819. The van der Waals surface area contributed by atoms with Crippen molar-refractivity contribution in [3.05, 3.63) is 54.1 Å². The summed E-state index contributed by atoms with van der Waals surface area (Å²) in [7, 11) is 2.17. The molecular formula is C22H31N3O. The number of benzene rings is 2. The van der Waals surface area contributed by atoms with Gasteiger partial charge >= 0.3 is 0 Å². The minimum Gasteiger partial charge on any atom is -0.454 e. The van der Waals surface area contributed by atoms with E-state index < -0.39 is 0 Å². The third kappa shape index (κ3) is 4.44. The minimum absolute atomic E-state index is 0.819. The SMILES string of the molecule is CC.CC.CN1CCN(C2=Nc3ccccc3Oc3ccccc32)CC1. The fraction of sp³-hybridized carbons (Fsp3) is 0.409. The number of fused-ring (bicyclic) bond motifs is 2. The Balaban J connectivity index is 0.000000570. The lowest BCUT2D eigenvalue weighted by Crippen LogP contribution is -2.47. The second kappa shape index (κ2) is 9.97. The van der Waals surface area contributed by atoms with Crippen molar-refractivity contribution in [1.29, 1.82) is 0 Å². The van der Waals surface area contributed by atoms with Gasteiger partial charge in [0.15, 0.2) is 5.75 Å². The third-order valence-electron chi connectivity index (χ3n) is 4.24. The van der Waals surface area contributed by atoms with Gasteiger partial charge in [0, 0.05) is 26.2 Å². The smallest absolute Gasteiger partial charge is 0.153 e. The quantitative estimate of drug-likeness (QED) is 0.654. The molecule has 0 spiro atoms. The highest BCUT2D eigenvalue weighted by Gasteiger charge is 2.24. The maximum Gasteiger partial charge on any atom is 0.153 e. The Morgan fingerprint density at radius 3 is 2.04 bits per heavy atom. The van der Waals surface area contributed by atoms with Crippen LogP contribution in [0.3, 0.4) is 0 Å². The molecule has 0 amide bonds. The van der Waals surface area contributed by atoms with E-state index in [2.05, 4.69) is 22.9 Å². The molecule has 0 saturated carbocycles. The van der Waals surface area contributed by atoms with Crippen molar-refractivity contribution in [3.63, 3.8) is 0 Å². The first-order valence-corrected chi connectivity index (χ1v) is 9.70. The molecule has 140 valence electrons. The molecule has 4 heteroatoms. The van der Waals surface area contributed by atoms with Crippen LogP contribution in [0.4, 0.5) is 5.69 Å². The number of likely N-dealkylation sites (N-methyl/N-ethyl adjacent to an activating group) is 1. The van der Waals surface area contributed by atoms with E-state index in [0.717, 1.165) is 54.8 Å². The molecule has 0 radical (unpaired) electrons. The molecule has 0 atom stereocenters. The molecule has 0 bridgehead atoms. The number of hydrogen-bond donors (Lipinski definition) is 0. The van der Waals surface area contributed by atoms with Gasteiger partial charge in [0.1, 0.15) is 17.3 Å². The molecule has 2 aliphatic heterocycles. The molecule has 4 rings (SSSR count). The van der Waals surface area contributed by atoms with Gasteiger partial charge in [-0.3, -0.25) is 0 Å². The number of piperazine rings is 1. The molecule has 2 aromatic rings. The van der Waals surface area contributed by atoms with Crippen LogP contribution in [0.25, 0.3) is 0 Å². The second-order valence-corrected chi connectivity index (χ2v) is 5.79. The number of rotatable bonds is 0. The first-order chi connectivity index (χ1) is 12.8. The van der Waals surface area contributed by atoms with E-state index in [1.54, 1.807) is 0 Å². The van der Waals surface area contributed by atoms with Crippen LogP contribution < -0.4 is 4.74 Å². The summed E-state index contributed by atoms with van der Waals surface area (Å²) in [6, 6.07) is 16.1. The molecule has 2 heterocycles. The zero-order valence-electron chi connectivity index (χ0n) is 16.7. The van der Waals surface area contributed by atoms with Crippen molar-refractivity contribution < 1.29 is 4.74 Å². The number of aliphatic imine (C=N–C) groups is 1. The van der Waals surface area contributed by atoms with Crippen LogP contribution in [-0.4, -0.2) is 48.9 Å². The Morgan fingerprint density at radius 1 is 0.769 bits per heavy atom. The van der Waals surface area contributed by atoms with E-state index >= 15 is 0 Å². The van der Waals surface area contributed by atoms with Crippen LogP contribution in [0.1, 0.15) is 33.3 Å². The predicted octanol–water partition coefficient (Wildman–Crippen LogP) is 5.17. The number of ether oxygens (including phenoxy) is 1. The fourth-order valence-electron chi connectivity index (χ4n) is 2.93. The summed E-state index contributed by atoms with van der Waals surface area (Å²) in [4.78, 5) is 9.64.